The van der Waals surface area contributed by atoms with Crippen molar-refractivity contribution in [2.45, 2.75) is 0 Å². The van der Waals surface area contributed by atoms with Gasteiger partial charge in [-0.1, -0.05) is 0 Å². The molecular formula is C13H15N3O3. The minimum absolute atomic E-state index is 0.267. The lowest BCUT2D eigenvalue weighted by Gasteiger charge is -2.19. The molecule has 1 heterocycles. The lowest BCUT2D eigenvalue weighted by Crippen LogP contribution is -2.31. The molecule has 19 heavy (non-hydrogen) atoms. The van der Waals surface area contributed by atoms with E-state index in [1.807, 2.05) is 0 Å². The Labute approximate surface area is 111 Å². The molecule has 0 radical (unpaired) electrons. The van der Waals surface area contributed by atoms with E-state index < -0.39 is 0 Å². The van der Waals surface area contributed by atoms with Crippen LogP contribution in [0.4, 0.5) is 10.5 Å². The summed E-state index contributed by atoms with van der Waals surface area (Å²) in [5.74, 6) is 1.20. The molecule has 1 aromatic carbocycles. The summed E-state index contributed by atoms with van der Waals surface area (Å²) in [5, 5.41) is 2.76. The Bertz CT molecular complexity index is 526. The van der Waals surface area contributed by atoms with Gasteiger partial charge in [0.25, 0.3) is 0 Å². The fourth-order valence-corrected chi connectivity index (χ4v) is 1.61. The number of aliphatic imine (C=N–C) groups is 1. The minimum Gasteiger partial charge on any atom is -0.497 e. The van der Waals surface area contributed by atoms with E-state index in [0.717, 1.165) is 0 Å². The van der Waals surface area contributed by atoms with Crippen LogP contribution in [-0.4, -0.2) is 38.0 Å². The van der Waals surface area contributed by atoms with Crippen LogP contribution in [0.1, 0.15) is 0 Å². The van der Waals surface area contributed by atoms with Crippen LogP contribution >= 0.6 is 0 Å². The highest BCUT2D eigenvalue weighted by Gasteiger charge is 2.14. The van der Waals surface area contributed by atoms with Crippen LogP contribution in [-0.2, 0) is 0 Å². The van der Waals surface area contributed by atoms with Gasteiger partial charge in [0.05, 0.1) is 19.9 Å². The molecule has 0 unspecified atom stereocenters. The highest BCUT2D eigenvalue weighted by molar-refractivity contribution is 5.92. The van der Waals surface area contributed by atoms with Gasteiger partial charge in [0.2, 0.25) is 0 Å². The van der Waals surface area contributed by atoms with Gasteiger partial charge in [0.1, 0.15) is 18.2 Å². The van der Waals surface area contributed by atoms with Crippen molar-refractivity contribution in [1.82, 2.24) is 4.90 Å². The first-order valence-corrected chi connectivity index (χ1v) is 5.71. The minimum atomic E-state index is -0.267. The van der Waals surface area contributed by atoms with Crippen LogP contribution in [0.15, 0.2) is 35.5 Å². The number of allylic oxidation sites excluding steroid dienone is 1. The molecule has 0 spiro atoms. The molecule has 2 rings (SSSR count). The topological polar surface area (TPSA) is 63.2 Å². The number of methoxy groups -OCH3 is 2. The maximum absolute atomic E-state index is 12.0. The smallest absolute Gasteiger partial charge is 0.327 e. The summed E-state index contributed by atoms with van der Waals surface area (Å²) in [5.41, 5.74) is 0.580. The number of carbonyl (C=O) groups is 1. The lowest BCUT2D eigenvalue weighted by molar-refractivity contribution is 0.229. The molecule has 0 aromatic heterocycles. The molecule has 6 heteroatoms. The maximum atomic E-state index is 12.0. The number of ether oxygens (including phenoxy) is 2. The second-order valence-electron chi connectivity index (χ2n) is 3.78. The summed E-state index contributed by atoms with van der Waals surface area (Å²) >= 11 is 0. The summed E-state index contributed by atoms with van der Waals surface area (Å²) < 4.78 is 10.3. The Hall–Kier alpha value is -2.50. The predicted molar refractivity (Wildman–Crippen MR) is 72.9 cm³/mol. The third-order valence-electron chi connectivity index (χ3n) is 2.60. The second-order valence-corrected chi connectivity index (χ2v) is 3.78. The number of benzene rings is 1. The molecule has 0 saturated heterocycles. The number of hydrogen-bond acceptors (Lipinski definition) is 4. The summed E-state index contributed by atoms with van der Waals surface area (Å²) in [7, 11) is 3.11. The number of nitrogens with zero attached hydrogens (tertiary/aromatic N) is 2. The van der Waals surface area contributed by atoms with Crippen LogP contribution in [0.5, 0.6) is 11.5 Å². The highest BCUT2D eigenvalue weighted by Crippen LogP contribution is 2.29. The maximum Gasteiger partial charge on any atom is 0.327 e. The molecule has 0 bridgehead atoms. The Morgan fingerprint density at radius 1 is 1.37 bits per heavy atom. The molecule has 1 N–H and O–H groups in total. The van der Waals surface area contributed by atoms with E-state index in [1.54, 1.807) is 43.8 Å². The highest BCUT2D eigenvalue weighted by atomic mass is 16.5. The number of rotatable bonds is 3. The molecule has 0 aliphatic carbocycles. The van der Waals surface area contributed by atoms with Gasteiger partial charge in [-0.2, -0.15) is 0 Å². The molecule has 0 atom stereocenters. The summed E-state index contributed by atoms with van der Waals surface area (Å²) in [6, 6.07) is 4.92. The average Bonchev–Trinajstić information content (AvgIpc) is 2.48. The van der Waals surface area contributed by atoms with E-state index in [9.17, 15) is 4.79 Å². The zero-order valence-electron chi connectivity index (χ0n) is 10.8. The van der Waals surface area contributed by atoms with E-state index in [4.69, 9.17) is 9.47 Å². The summed E-state index contributed by atoms with van der Waals surface area (Å²) in [4.78, 5) is 17.4. The number of amides is 2. The number of nitrogens with one attached hydrogen (secondary N) is 1. The van der Waals surface area contributed by atoms with Gasteiger partial charge in [0, 0.05) is 18.5 Å². The molecule has 1 aromatic rings. The number of anilines is 1. The van der Waals surface area contributed by atoms with Crippen molar-refractivity contribution in [1.29, 1.82) is 0 Å². The van der Waals surface area contributed by atoms with Gasteiger partial charge in [-0.3, -0.25) is 9.89 Å². The molecule has 2 amide bonds. The Kier molecular flexibility index (Phi) is 4.02. The molecule has 0 saturated carbocycles. The van der Waals surface area contributed by atoms with Crippen LogP contribution in [0, 0.1) is 0 Å². The van der Waals surface area contributed by atoms with Crippen LogP contribution in [0.25, 0.3) is 0 Å². The largest absolute Gasteiger partial charge is 0.497 e. The fraction of sp³-hybridized carbons (Fsp3) is 0.231. The Morgan fingerprint density at radius 3 is 2.84 bits per heavy atom. The third kappa shape index (κ3) is 3.04. The normalized spacial score (nSPS) is 13.3. The van der Waals surface area contributed by atoms with Crippen molar-refractivity contribution in [2.24, 2.45) is 4.99 Å². The van der Waals surface area contributed by atoms with Crippen molar-refractivity contribution < 1.29 is 14.3 Å². The lowest BCUT2D eigenvalue weighted by atomic mass is 10.2. The van der Waals surface area contributed by atoms with Gasteiger partial charge < -0.3 is 14.8 Å². The molecular weight excluding hydrogens is 246 g/mol. The number of urea groups is 1. The monoisotopic (exact) mass is 261 g/mol. The third-order valence-corrected chi connectivity index (χ3v) is 2.60. The van der Waals surface area contributed by atoms with Crippen LogP contribution < -0.4 is 14.8 Å². The summed E-state index contributed by atoms with van der Waals surface area (Å²) in [6.45, 7) is 0.306. The molecule has 1 aliphatic heterocycles. The van der Waals surface area contributed by atoms with Crippen molar-refractivity contribution >= 4 is 17.9 Å². The zero-order chi connectivity index (χ0) is 13.7. The van der Waals surface area contributed by atoms with Crippen LogP contribution in [0.3, 0.4) is 0 Å². The van der Waals surface area contributed by atoms with E-state index in [1.165, 1.54) is 12.0 Å². The Morgan fingerprint density at radius 2 is 2.21 bits per heavy atom. The quantitative estimate of drug-likeness (QED) is 0.906. The second kappa shape index (κ2) is 5.90. The SMILES string of the molecule is COc1ccc(NC(=O)N2C=CC=NC2)c(OC)c1. The predicted octanol–water partition coefficient (Wildman–Crippen LogP) is 2.09. The Balaban J connectivity index is 2.12. The van der Waals surface area contributed by atoms with Gasteiger partial charge in [0.15, 0.2) is 0 Å². The average molecular weight is 261 g/mol. The van der Waals surface area contributed by atoms with Gasteiger partial charge in [-0.25, -0.2) is 4.79 Å². The standard InChI is InChI=1S/C13H15N3O3/c1-18-10-4-5-11(12(8-10)19-2)15-13(17)16-7-3-6-14-9-16/h3-8H,9H2,1-2H3,(H,15,17). The summed E-state index contributed by atoms with van der Waals surface area (Å²) in [6.07, 6.45) is 5.02. The van der Waals surface area contributed by atoms with Gasteiger partial charge in [-0.05, 0) is 18.2 Å². The van der Waals surface area contributed by atoms with E-state index >= 15 is 0 Å². The first-order valence-electron chi connectivity index (χ1n) is 5.71. The molecule has 6 nitrogen and oxygen atoms in total. The fourth-order valence-electron chi connectivity index (χ4n) is 1.61. The van der Waals surface area contributed by atoms with E-state index in [0.29, 0.717) is 23.9 Å². The molecule has 0 fully saturated rings. The molecule has 100 valence electrons. The first-order chi connectivity index (χ1) is 9.24. The van der Waals surface area contributed by atoms with E-state index in [-0.39, 0.29) is 6.03 Å². The van der Waals surface area contributed by atoms with Gasteiger partial charge >= 0.3 is 6.03 Å². The number of carbonyl (C=O) groups excluding carboxylic acids is 1. The van der Waals surface area contributed by atoms with Crippen molar-refractivity contribution in [3.05, 3.63) is 30.5 Å². The number of hydrogen-bond donors (Lipinski definition) is 1. The zero-order valence-corrected chi connectivity index (χ0v) is 10.8. The van der Waals surface area contributed by atoms with Crippen molar-refractivity contribution in [3.8, 4) is 11.5 Å². The van der Waals surface area contributed by atoms with E-state index in [2.05, 4.69) is 10.3 Å². The van der Waals surface area contributed by atoms with Gasteiger partial charge in [-0.15, -0.1) is 0 Å². The van der Waals surface area contributed by atoms with Crippen molar-refractivity contribution in [3.63, 3.8) is 0 Å². The molecule has 1 aliphatic rings. The first kappa shape index (κ1) is 12.9. The van der Waals surface area contributed by atoms with Crippen LogP contribution in [0.2, 0.25) is 0 Å². The van der Waals surface area contributed by atoms with Crippen molar-refractivity contribution in [2.75, 3.05) is 26.2 Å².